The van der Waals surface area contributed by atoms with Crippen molar-refractivity contribution in [3.05, 3.63) is 0 Å². The second-order valence-electron chi connectivity index (χ2n) is 1.16. The average molecular weight is 136 g/mol. The summed E-state index contributed by atoms with van der Waals surface area (Å²) in [6.07, 6.45) is 2.80. The van der Waals surface area contributed by atoms with Crippen molar-refractivity contribution in [3.8, 4) is 0 Å². The summed E-state index contributed by atoms with van der Waals surface area (Å²) in [5, 5.41) is -0.0741. The predicted octanol–water partition coefficient (Wildman–Crippen LogP) is 0.847. The van der Waals surface area contributed by atoms with E-state index in [0.717, 1.165) is 12.0 Å². The molecule has 0 saturated heterocycles. The Balaban J connectivity index is 2.98. The first-order chi connectivity index (χ1) is 3.31. The van der Waals surface area contributed by atoms with E-state index in [1.165, 1.54) is 0 Å². The number of carbonyl (C=O) groups excluding carboxylic acids is 1. The Labute approximate surface area is 53.3 Å². The molecule has 0 saturated carbocycles. The van der Waals surface area contributed by atoms with Gasteiger partial charge in [0, 0.05) is 5.75 Å². The fourth-order valence-corrected chi connectivity index (χ4v) is 1.08. The van der Waals surface area contributed by atoms with Crippen LogP contribution < -0.4 is 0 Å². The molecule has 0 N–H and O–H groups in total. The maximum Gasteiger partial charge on any atom is 0.133 e. The normalized spacial score (nSPS) is 13.4. The molecule has 0 fully saturated rings. The van der Waals surface area contributed by atoms with Crippen molar-refractivity contribution in [3.63, 3.8) is 0 Å². The lowest BCUT2D eigenvalue weighted by atomic mass is 10.5. The molecule has 0 aliphatic heterocycles. The van der Waals surface area contributed by atoms with Crippen molar-refractivity contribution in [1.82, 2.24) is 0 Å². The topological polar surface area (TPSA) is 17.1 Å². The number of hydrogen-bond donors (Lipinski definition) is 1. The fraction of sp³-hybridized carbons (Fsp3) is 0.750. The number of carbonyl (C=O) groups is 1. The molecule has 0 aromatic heterocycles. The molecule has 3 heteroatoms. The summed E-state index contributed by atoms with van der Waals surface area (Å²) in [5.41, 5.74) is 0. The minimum absolute atomic E-state index is 0.0741. The molecule has 0 spiro atoms. The Hall–Kier alpha value is 0.370. The zero-order valence-corrected chi connectivity index (χ0v) is 5.84. The minimum atomic E-state index is -0.0741. The van der Waals surface area contributed by atoms with Gasteiger partial charge in [0.25, 0.3) is 0 Å². The summed E-state index contributed by atoms with van der Waals surface area (Å²) in [5.74, 6) is 0.812. The van der Waals surface area contributed by atoms with Gasteiger partial charge >= 0.3 is 0 Å². The quantitative estimate of drug-likeness (QED) is 0.457. The molecule has 0 rings (SSSR count). The average Bonchev–Trinajstić information content (AvgIpc) is 1.68. The first-order valence-corrected chi connectivity index (χ1v) is 3.84. The molecule has 1 nitrogen and oxygen atoms in total. The molecule has 1 unspecified atom stereocenters. The maximum absolute atomic E-state index is 9.81. The largest absolute Gasteiger partial charge is 0.302 e. The molecule has 7 heavy (non-hydrogen) atoms. The van der Waals surface area contributed by atoms with Gasteiger partial charge in [-0.1, -0.05) is 0 Å². The van der Waals surface area contributed by atoms with Gasteiger partial charge in [-0.05, 0) is 6.26 Å². The molecule has 0 heterocycles. The first-order valence-electron chi connectivity index (χ1n) is 1.93. The Morgan fingerprint density at radius 3 is 2.71 bits per heavy atom. The lowest BCUT2D eigenvalue weighted by molar-refractivity contribution is -0.107. The van der Waals surface area contributed by atoms with E-state index in [4.69, 9.17) is 0 Å². The summed E-state index contributed by atoms with van der Waals surface area (Å²) in [6.45, 7) is 0. The lowest BCUT2D eigenvalue weighted by Crippen LogP contribution is -2.01. The van der Waals surface area contributed by atoms with Gasteiger partial charge in [0.1, 0.15) is 6.29 Å². The third-order valence-corrected chi connectivity index (χ3v) is 1.74. The third-order valence-electron chi connectivity index (χ3n) is 0.495. The Morgan fingerprint density at radius 2 is 2.57 bits per heavy atom. The highest BCUT2D eigenvalue weighted by Crippen LogP contribution is 1.99. The Bertz CT molecular complexity index is 55.7. The van der Waals surface area contributed by atoms with Crippen LogP contribution in [0.5, 0.6) is 0 Å². The number of thiol groups is 1. The van der Waals surface area contributed by atoms with Gasteiger partial charge in [-0.15, -0.1) is 0 Å². The van der Waals surface area contributed by atoms with Crippen LogP contribution in [0, 0.1) is 0 Å². The van der Waals surface area contributed by atoms with Crippen LogP contribution in [0.25, 0.3) is 0 Å². The maximum atomic E-state index is 9.81. The molecular weight excluding hydrogens is 128 g/mol. The van der Waals surface area contributed by atoms with Crippen LogP contribution in [0.1, 0.15) is 0 Å². The van der Waals surface area contributed by atoms with Gasteiger partial charge in [-0.25, -0.2) is 0 Å². The molecule has 0 radical (unpaired) electrons. The number of hydrogen-bond acceptors (Lipinski definition) is 3. The van der Waals surface area contributed by atoms with Crippen molar-refractivity contribution in [2.24, 2.45) is 0 Å². The molecular formula is C4H8OS2. The van der Waals surface area contributed by atoms with E-state index in [-0.39, 0.29) is 5.25 Å². The second-order valence-corrected chi connectivity index (χ2v) is 2.73. The standard InChI is InChI=1S/C4H8OS2/c1-7-3-4(6)2-5/h2,4,6H,3H2,1H3. The van der Waals surface area contributed by atoms with Crippen LogP contribution in [-0.4, -0.2) is 23.5 Å². The molecule has 0 aliphatic rings. The molecule has 0 amide bonds. The van der Waals surface area contributed by atoms with E-state index in [0.29, 0.717) is 0 Å². The number of aldehydes is 1. The zero-order chi connectivity index (χ0) is 5.70. The summed E-state index contributed by atoms with van der Waals surface area (Å²) in [6, 6.07) is 0. The number of thioether (sulfide) groups is 1. The number of rotatable bonds is 3. The molecule has 42 valence electrons. The van der Waals surface area contributed by atoms with Gasteiger partial charge < -0.3 is 4.79 Å². The highest BCUT2D eigenvalue weighted by atomic mass is 32.2. The van der Waals surface area contributed by atoms with Gasteiger partial charge in [-0.2, -0.15) is 24.4 Å². The summed E-state index contributed by atoms with van der Waals surface area (Å²) in [7, 11) is 0. The van der Waals surface area contributed by atoms with Crippen LogP contribution in [0.2, 0.25) is 0 Å². The van der Waals surface area contributed by atoms with Crippen LogP contribution >= 0.6 is 24.4 Å². The van der Waals surface area contributed by atoms with Crippen molar-refractivity contribution in [2.45, 2.75) is 5.25 Å². The predicted molar refractivity (Wildman–Crippen MR) is 37.2 cm³/mol. The molecule has 0 aliphatic carbocycles. The summed E-state index contributed by atoms with van der Waals surface area (Å²) < 4.78 is 0. The summed E-state index contributed by atoms with van der Waals surface area (Å²) in [4.78, 5) is 9.81. The molecule has 0 aromatic carbocycles. The lowest BCUT2D eigenvalue weighted by Gasteiger charge is -1.94. The van der Waals surface area contributed by atoms with Crippen LogP contribution in [0.4, 0.5) is 0 Å². The van der Waals surface area contributed by atoms with Crippen LogP contribution in [0.15, 0.2) is 0 Å². The third kappa shape index (κ3) is 4.22. The Morgan fingerprint density at radius 1 is 2.00 bits per heavy atom. The SMILES string of the molecule is CSCC(S)C=O. The fourth-order valence-electron chi connectivity index (χ4n) is 0.210. The van der Waals surface area contributed by atoms with E-state index in [9.17, 15) is 4.79 Å². The van der Waals surface area contributed by atoms with Crippen LogP contribution in [0.3, 0.4) is 0 Å². The summed E-state index contributed by atoms with van der Waals surface area (Å²) >= 11 is 5.55. The smallest absolute Gasteiger partial charge is 0.133 e. The molecule has 0 aromatic rings. The Kier molecular flexibility index (Phi) is 4.77. The van der Waals surface area contributed by atoms with Gasteiger partial charge in [0.05, 0.1) is 5.25 Å². The highest BCUT2D eigenvalue weighted by molar-refractivity contribution is 7.99. The monoisotopic (exact) mass is 136 g/mol. The second kappa shape index (κ2) is 4.53. The van der Waals surface area contributed by atoms with E-state index in [1.807, 2.05) is 6.26 Å². The van der Waals surface area contributed by atoms with Crippen LogP contribution in [-0.2, 0) is 4.79 Å². The zero-order valence-electron chi connectivity index (χ0n) is 4.13. The van der Waals surface area contributed by atoms with E-state index >= 15 is 0 Å². The first kappa shape index (κ1) is 7.37. The van der Waals surface area contributed by atoms with Crippen molar-refractivity contribution >= 4 is 30.7 Å². The van der Waals surface area contributed by atoms with Crippen molar-refractivity contribution < 1.29 is 4.79 Å². The minimum Gasteiger partial charge on any atom is -0.302 e. The van der Waals surface area contributed by atoms with Gasteiger partial charge in [0.15, 0.2) is 0 Å². The van der Waals surface area contributed by atoms with E-state index < -0.39 is 0 Å². The van der Waals surface area contributed by atoms with Crippen molar-refractivity contribution in [1.29, 1.82) is 0 Å². The molecule has 0 bridgehead atoms. The van der Waals surface area contributed by atoms with E-state index in [2.05, 4.69) is 12.6 Å². The molecule has 1 atom stereocenters. The van der Waals surface area contributed by atoms with Crippen molar-refractivity contribution in [2.75, 3.05) is 12.0 Å². The van der Waals surface area contributed by atoms with Gasteiger partial charge in [0.2, 0.25) is 0 Å². The highest BCUT2D eigenvalue weighted by Gasteiger charge is 1.94. The van der Waals surface area contributed by atoms with Gasteiger partial charge in [-0.3, -0.25) is 0 Å². The van der Waals surface area contributed by atoms with E-state index in [1.54, 1.807) is 11.8 Å².